The Bertz CT molecular complexity index is 719. The Labute approximate surface area is 164 Å². The van der Waals surface area contributed by atoms with E-state index in [4.69, 9.17) is 9.47 Å². The lowest BCUT2D eigenvalue weighted by molar-refractivity contribution is -0.134. The van der Waals surface area contributed by atoms with Crippen molar-refractivity contribution in [3.63, 3.8) is 0 Å². The number of hydrogen-bond donors (Lipinski definition) is 2. The number of rotatable bonds is 6. The van der Waals surface area contributed by atoms with Crippen molar-refractivity contribution < 1.29 is 18.7 Å². The van der Waals surface area contributed by atoms with Crippen LogP contribution in [0.2, 0.25) is 0 Å². The molecule has 2 aromatic carbocycles. The van der Waals surface area contributed by atoms with Gasteiger partial charge in [-0.3, -0.25) is 4.79 Å². The molecule has 27 heavy (non-hydrogen) atoms. The first-order valence-electron chi connectivity index (χ1n) is 8.72. The molecule has 2 N–H and O–H groups in total. The van der Waals surface area contributed by atoms with E-state index in [2.05, 4.69) is 10.6 Å². The first kappa shape index (κ1) is 21.2. The molecule has 2 atom stereocenters. The second-order valence-corrected chi connectivity index (χ2v) is 6.28. The second-order valence-electron chi connectivity index (χ2n) is 6.28. The van der Waals surface area contributed by atoms with Gasteiger partial charge in [0.1, 0.15) is 24.3 Å². The number of carbonyl (C=O) groups is 1. The maximum absolute atomic E-state index is 12.9. The van der Waals surface area contributed by atoms with Crippen LogP contribution in [-0.2, 0) is 16.1 Å². The Balaban J connectivity index is 0.00000261. The molecule has 1 aliphatic rings. The summed E-state index contributed by atoms with van der Waals surface area (Å²) in [6.45, 7) is 4.17. The van der Waals surface area contributed by atoms with Crippen molar-refractivity contribution in [2.24, 2.45) is 0 Å². The normalized spacial score (nSPS) is 17.5. The third kappa shape index (κ3) is 6.20. The molecule has 0 radical (unpaired) electrons. The molecule has 2 aromatic rings. The lowest BCUT2D eigenvalue weighted by Crippen LogP contribution is -2.48. The minimum atomic E-state index is -0.440. The van der Waals surface area contributed by atoms with Gasteiger partial charge < -0.3 is 20.1 Å². The van der Waals surface area contributed by atoms with E-state index in [-0.39, 0.29) is 30.2 Å². The fourth-order valence-electron chi connectivity index (χ4n) is 2.72. The van der Waals surface area contributed by atoms with Gasteiger partial charge >= 0.3 is 0 Å². The summed E-state index contributed by atoms with van der Waals surface area (Å²) in [5, 5.41) is 6.11. The monoisotopic (exact) mass is 394 g/mol. The van der Waals surface area contributed by atoms with Crippen LogP contribution in [0.5, 0.6) is 5.75 Å². The molecule has 0 spiro atoms. The van der Waals surface area contributed by atoms with E-state index < -0.39 is 6.10 Å². The van der Waals surface area contributed by atoms with E-state index in [0.717, 1.165) is 23.4 Å². The second kappa shape index (κ2) is 10.3. The minimum absolute atomic E-state index is 0. The van der Waals surface area contributed by atoms with E-state index in [1.807, 2.05) is 31.2 Å². The molecule has 146 valence electrons. The third-order valence-electron chi connectivity index (χ3n) is 4.28. The van der Waals surface area contributed by atoms with Gasteiger partial charge in [0.05, 0.1) is 12.6 Å². The Hall–Kier alpha value is -2.15. The smallest absolute Gasteiger partial charge is 0.250 e. The van der Waals surface area contributed by atoms with Crippen LogP contribution >= 0.6 is 12.4 Å². The van der Waals surface area contributed by atoms with Crippen LogP contribution in [0.25, 0.3) is 0 Å². The first-order chi connectivity index (χ1) is 12.6. The molecule has 7 heteroatoms. The minimum Gasteiger partial charge on any atom is -0.489 e. The Kier molecular flexibility index (Phi) is 8.03. The molecule has 0 bridgehead atoms. The van der Waals surface area contributed by atoms with Gasteiger partial charge in [-0.25, -0.2) is 4.39 Å². The van der Waals surface area contributed by atoms with Crippen molar-refractivity contribution in [3.05, 3.63) is 65.5 Å². The fraction of sp³-hybridized carbons (Fsp3) is 0.350. The molecule has 1 aliphatic heterocycles. The average molecular weight is 395 g/mol. The highest BCUT2D eigenvalue weighted by atomic mass is 35.5. The largest absolute Gasteiger partial charge is 0.489 e. The number of carbonyl (C=O) groups excluding carboxylic acids is 1. The van der Waals surface area contributed by atoms with Gasteiger partial charge in [-0.1, -0.05) is 24.3 Å². The topological polar surface area (TPSA) is 59.6 Å². The fourth-order valence-corrected chi connectivity index (χ4v) is 2.72. The van der Waals surface area contributed by atoms with Crippen molar-refractivity contribution in [1.82, 2.24) is 10.6 Å². The van der Waals surface area contributed by atoms with Gasteiger partial charge in [-0.2, -0.15) is 0 Å². The molecule has 0 aromatic heterocycles. The zero-order valence-electron chi connectivity index (χ0n) is 15.1. The quantitative estimate of drug-likeness (QED) is 0.790. The van der Waals surface area contributed by atoms with Crippen LogP contribution in [-0.4, -0.2) is 31.7 Å². The van der Waals surface area contributed by atoms with E-state index in [1.54, 1.807) is 12.1 Å². The molecule has 1 heterocycles. The van der Waals surface area contributed by atoms with Crippen LogP contribution in [0.15, 0.2) is 48.5 Å². The van der Waals surface area contributed by atoms with Crippen LogP contribution in [0.4, 0.5) is 4.39 Å². The molecular weight excluding hydrogens is 371 g/mol. The van der Waals surface area contributed by atoms with E-state index in [0.29, 0.717) is 19.8 Å². The number of hydrogen-bond acceptors (Lipinski definition) is 4. The van der Waals surface area contributed by atoms with Gasteiger partial charge in [0, 0.05) is 13.1 Å². The highest BCUT2D eigenvalue weighted by Gasteiger charge is 2.23. The zero-order chi connectivity index (χ0) is 18.4. The number of halogens is 2. The Morgan fingerprint density at radius 2 is 1.96 bits per heavy atom. The average Bonchev–Trinajstić information content (AvgIpc) is 2.68. The summed E-state index contributed by atoms with van der Waals surface area (Å²) in [6.07, 6.45) is -0.440. The van der Waals surface area contributed by atoms with Crippen molar-refractivity contribution in [2.75, 3.05) is 19.7 Å². The highest BCUT2D eigenvalue weighted by molar-refractivity contribution is 5.85. The number of morpholine rings is 1. The summed E-state index contributed by atoms with van der Waals surface area (Å²) < 4.78 is 24.1. The molecule has 1 amide bonds. The number of benzene rings is 2. The van der Waals surface area contributed by atoms with Crippen molar-refractivity contribution in [3.8, 4) is 5.75 Å². The first-order valence-corrected chi connectivity index (χ1v) is 8.72. The standard InChI is InChI=1S/C20H23FN2O3.ClH/c1-14(23-20(24)19-12-22-10-11-25-19)16-4-8-18(9-5-16)26-13-15-2-6-17(21)7-3-15;/h2-9,14,19,22H,10-13H2,1H3,(H,23,24);1H. The summed E-state index contributed by atoms with van der Waals surface area (Å²) in [4.78, 5) is 12.2. The molecule has 5 nitrogen and oxygen atoms in total. The maximum Gasteiger partial charge on any atom is 0.250 e. The summed E-state index contributed by atoms with van der Waals surface area (Å²) >= 11 is 0. The van der Waals surface area contributed by atoms with Gasteiger partial charge in [0.2, 0.25) is 0 Å². The summed E-state index contributed by atoms with van der Waals surface area (Å²) in [7, 11) is 0. The third-order valence-corrected chi connectivity index (χ3v) is 4.28. The van der Waals surface area contributed by atoms with E-state index >= 15 is 0 Å². The van der Waals surface area contributed by atoms with E-state index in [1.165, 1.54) is 12.1 Å². The van der Waals surface area contributed by atoms with Gasteiger partial charge in [0.25, 0.3) is 5.91 Å². The number of ether oxygens (including phenoxy) is 2. The van der Waals surface area contributed by atoms with Crippen molar-refractivity contribution >= 4 is 18.3 Å². The summed E-state index contributed by atoms with van der Waals surface area (Å²) in [5.41, 5.74) is 1.88. The Morgan fingerprint density at radius 1 is 1.26 bits per heavy atom. The SMILES string of the molecule is CC(NC(=O)C1CNCCO1)c1ccc(OCc2ccc(F)cc2)cc1.Cl. The maximum atomic E-state index is 12.9. The lowest BCUT2D eigenvalue weighted by Gasteiger charge is -2.24. The molecule has 1 saturated heterocycles. The zero-order valence-corrected chi connectivity index (χ0v) is 15.9. The van der Waals surface area contributed by atoms with Crippen molar-refractivity contribution in [2.45, 2.75) is 25.7 Å². The van der Waals surface area contributed by atoms with Crippen LogP contribution in [0.1, 0.15) is 24.1 Å². The van der Waals surface area contributed by atoms with Crippen molar-refractivity contribution in [1.29, 1.82) is 0 Å². The molecule has 3 rings (SSSR count). The van der Waals surface area contributed by atoms with Gasteiger partial charge in [0.15, 0.2) is 0 Å². The summed E-state index contributed by atoms with van der Waals surface area (Å²) in [5.74, 6) is 0.348. The number of amides is 1. The van der Waals surface area contributed by atoms with Crippen LogP contribution < -0.4 is 15.4 Å². The number of nitrogens with one attached hydrogen (secondary N) is 2. The Morgan fingerprint density at radius 3 is 2.59 bits per heavy atom. The van der Waals surface area contributed by atoms with Crippen LogP contribution in [0, 0.1) is 5.82 Å². The molecule has 2 unspecified atom stereocenters. The van der Waals surface area contributed by atoms with E-state index in [9.17, 15) is 9.18 Å². The van der Waals surface area contributed by atoms with Crippen LogP contribution in [0.3, 0.4) is 0 Å². The molecular formula is C20H24ClFN2O3. The summed E-state index contributed by atoms with van der Waals surface area (Å²) in [6, 6.07) is 13.7. The predicted octanol–water partition coefficient (Wildman–Crippen LogP) is 2.99. The van der Waals surface area contributed by atoms with Gasteiger partial charge in [-0.05, 0) is 42.3 Å². The molecule has 1 fully saturated rings. The molecule has 0 aliphatic carbocycles. The highest BCUT2D eigenvalue weighted by Crippen LogP contribution is 2.19. The van der Waals surface area contributed by atoms with Gasteiger partial charge in [-0.15, -0.1) is 12.4 Å². The predicted molar refractivity (Wildman–Crippen MR) is 104 cm³/mol. The molecule has 0 saturated carbocycles. The lowest BCUT2D eigenvalue weighted by atomic mass is 10.1.